The SMILES string of the molecule is CC(=O)ON=C1C=C2CCC3C(=C2CC1)CC[C@@]1(C)C3CC[C@]1(CC#N)CCCCC(=O)O. The van der Waals surface area contributed by atoms with E-state index in [0.717, 1.165) is 63.5 Å². The lowest BCUT2D eigenvalue weighted by Gasteiger charge is -2.53. The fourth-order valence-corrected chi connectivity index (χ4v) is 7.65. The Bertz CT molecular complexity index is 956. The summed E-state index contributed by atoms with van der Waals surface area (Å²) in [7, 11) is 0. The van der Waals surface area contributed by atoms with E-state index in [1.54, 1.807) is 5.57 Å². The van der Waals surface area contributed by atoms with Gasteiger partial charge < -0.3 is 9.94 Å². The highest BCUT2D eigenvalue weighted by molar-refractivity contribution is 5.97. The zero-order chi connectivity index (χ0) is 23.6. The average molecular weight is 453 g/mol. The van der Waals surface area contributed by atoms with E-state index in [9.17, 15) is 14.9 Å². The largest absolute Gasteiger partial charge is 0.481 e. The summed E-state index contributed by atoms with van der Waals surface area (Å²) in [4.78, 5) is 26.9. The van der Waals surface area contributed by atoms with Gasteiger partial charge in [0.2, 0.25) is 0 Å². The number of carboxylic acid groups (broad SMARTS) is 1. The molecule has 33 heavy (non-hydrogen) atoms. The van der Waals surface area contributed by atoms with E-state index in [-0.39, 0.29) is 23.2 Å². The number of allylic oxidation sites excluding steroid dienone is 4. The molecule has 4 aliphatic carbocycles. The van der Waals surface area contributed by atoms with Crippen LogP contribution in [-0.4, -0.2) is 22.8 Å². The van der Waals surface area contributed by atoms with Crippen LogP contribution >= 0.6 is 0 Å². The van der Waals surface area contributed by atoms with Crippen LogP contribution in [0.2, 0.25) is 0 Å². The van der Waals surface area contributed by atoms with Gasteiger partial charge in [-0.3, -0.25) is 4.79 Å². The number of carbonyl (C=O) groups excluding carboxylic acids is 1. The molecule has 0 heterocycles. The second-order valence-electron chi connectivity index (χ2n) is 10.8. The minimum atomic E-state index is -0.728. The summed E-state index contributed by atoms with van der Waals surface area (Å²) in [5, 5.41) is 22.8. The molecule has 0 radical (unpaired) electrons. The zero-order valence-corrected chi connectivity index (χ0v) is 20.0. The standard InChI is InChI=1S/C27H36N2O4/c1-18(30)33-29-20-7-9-21-19(17-20)6-8-23-22(21)10-13-26(2)24(23)11-14-27(26,15-16-28)12-4-3-5-25(31)32/h17,23-24H,3-15H2,1-2H3,(H,31,32)/t23?,24?,26-,27-/m0/s1. The number of aliphatic carboxylic acids is 1. The highest BCUT2D eigenvalue weighted by Gasteiger charge is 2.60. The lowest BCUT2D eigenvalue weighted by molar-refractivity contribution is -0.141. The molecule has 4 atom stereocenters. The Morgan fingerprint density at radius 3 is 2.76 bits per heavy atom. The first-order chi connectivity index (χ1) is 15.8. The first kappa shape index (κ1) is 23.7. The summed E-state index contributed by atoms with van der Waals surface area (Å²) in [5.74, 6) is 0.0976. The molecule has 0 amide bonds. The Kier molecular flexibility index (Phi) is 6.79. The normalized spacial score (nSPS) is 34.1. The predicted molar refractivity (Wildman–Crippen MR) is 125 cm³/mol. The molecule has 0 aliphatic heterocycles. The van der Waals surface area contributed by atoms with Gasteiger partial charge >= 0.3 is 11.9 Å². The highest BCUT2D eigenvalue weighted by atomic mass is 16.7. The number of carbonyl (C=O) groups is 2. The summed E-state index contributed by atoms with van der Waals surface area (Å²) in [6, 6.07) is 2.51. The van der Waals surface area contributed by atoms with Gasteiger partial charge in [0.05, 0.1) is 11.8 Å². The van der Waals surface area contributed by atoms with Crippen LogP contribution in [0.15, 0.2) is 28.0 Å². The maximum absolute atomic E-state index is 11.1. The molecule has 0 saturated heterocycles. The quantitative estimate of drug-likeness (QED) is 0.286. The molecule has 0 aromatic rings. The van der Waals surface area contributed by atoms with Crippen molar-refractivity contribution in [2.45, 2.75) is 97.3 Å². The molecular formula is C27H36N2O4. The molecule has 178 valence electrons. The highest BCUT2D eigenvalue weighted by Crippen LogP contribution is 2.69. The monoisotopic (exact) mass is 452 g/mol. The summed E-state index contributed by atoms with van der Waals surface area (Å²) >= 11 is 0. The van der Waals surface area contributed by atoms with Gasteiger partial charge in [-0.2, -0.15) is 5.26 Å². The molecule has 2 fully saturated rings. The van der Waals surface area contributed by atoms with Gasteiger partial charge in [0.1, 0.15) is 0 Å². The van der Waals surface area contributed by atoms with Gasteiger partial charge in [-0.1, -0.05) is 24.1 Å². The molecule has 0 aromatic carbocycles. The lowest BCUT2D eigenvalue weighted by atomic mass is 9.50. The molecule has 6 heteroatoms. The van der Waals surface area contributed by atoms with Gasteiger partial charge in [0.25, 0.3) is 0 Å². The van der Waals surface area contributed by atoms with E-state index in [0.29, 0.717) is 24.7 Å². The van der Waals surface area contributed by atoms with Crippen molar-refractivity contribution < 1.29 is 19.5 Å². The summed E-state index contributed by atoms with van der Waals surface area (Å²) in [5.41, 5.74) is 5.57. The van der Waals surface area contributed by atoms with Crippen molar-refractivity contribution in [1.82, 2.24) is 0 Å². The molecule has 2 saturated carbocycles. The van der Waals surface area contributed by atoms with Crippen molar-refractivity contribution in [3.8, 4) is 6.07 Å². The lowest BCUT2D eigenvalue weighted by Crippen LogP contribution is -2.45. The summed E-state index contributed by atoms with van der Waals surface area (Å²) < 4.78 is 0. The van der Waals surface area contributed by atoms with E-state index in [2.05, 4.69) is 24.2 Å². The molecular weight excluding hydrogens is 416 g/mol. The van der Waals surface area contributed by atoms with Crippen molar-refractivity contribution in [2.75, 3.05) is 0 Å². The smallest absolute Gasteiger partial charge is 0.331 e. The second kappa shape index (κ2) is 9.44. The van der Waals surface area contributed by atoms with Crippen molar-refractivity contribution in [3.05, 3.63) is 22.8 Å². The Morgan fingerprint density at radius 2 is 2.03 bits per heavy atom. The fraction of sp³-hybridized carbons (Fsp3) is 0.704. The minimum absolute atomic E-state index is 0.0215. The Labute approximate surface area is 196 Å². The summed E-state index contributed by atoms with van der Waals surface area (Å²) in [6.07, 6.45) is 14.0. The van der Waals surface area contributed by atoms with Crippen LogP contribution < -0.4 is 0 Å². The van der Waals surface area contributed by atoms with Crippen LogP contribution in [-0.2, 0) is 14.4 Å². The minimum Gasteiger partial charge on any atom is -0.481 e. The zero-order valence-electron chi connectivity index (χ0n) is 20.0. The number of fused-ring (bicyclic) bond motifs is 4. The van der Waals surface area contributed by atoms with Gasteiger partial charge in [-0.15, -0.1) is 0 Å². The van der Waals surface area contributed by atoms with Gasteiger partial charge in [0, 0.05) is 19.8 Å². The number of nitriles is 1. The van der Waals surface area contributed by atoms with E-state index in [1.165, 1.54) is 24.5 Å². The van der Waals surface area contributed by atoms with Crippen LogP contribution in [0.4, 0.5) is 0 Å². The number of carboxylic acids is 1. The van der Waals surface area contributed by atoms with Crippen LogP contribution in [0.25, 0.3) is 0 Å². The maximum Gasteiger partial charge on any atom is 0.331 e. The number of unbranched alkanes of at least 4 members (excludes halogenated alkanes) is 1. The van der Waals surface area contributed by atoms with Crippen LogP contribution in [0.1, 0.15) is 97.3 Å². The van der Waals surface area contributed by atoms with E-state index in [1.807, 2.05) is 0 Å². The molecule has 0 aromatic heterocycles. The van der Waals surface area contributed by atoms with Crippen molar-refractivity contribution in [3.63, 3.8) is 0 Å². The van der Waals surface area contributed by atoms with Crippen LogP contribution in [0.3, 0.4) is 0 Å². The van der Waals surface area contributed by atoms with Crippen molar-refractivity contribution >= 4 is 17.7 Å². The average Bonchev–Trinajstić information content (AvgIpc) is 3.07. The number of oxime groups is 1. The Hall–Kier alpha value is -2.42. The Morgan fingerprint density at radius 1 is 1.21 bits per heavy atom. The number of hydrogen-bond acceptors (Lipinski definition) is 5. The van der Waals surface area contributed by atoms with E-state index in [4.69, 9.17) is 9.94 Å². The van der Waals surface area contributed by atoms with Crippen LogP contribution in [0.5, 0.6) is 0 Å². The Balaban J connectivity index is 1.55. The van der Waals surface area contributed by atoms with E-state index < -0.39 is 5.97 Å². The molecule has 0 spiro atoms. The van der Waals surface area contributed by atoms with Crippen LogP contribution in [0, 0.1) is 34.0 Å². The predicted octanol–water partition coefficient (Wildman–Crippen LogP) is 6.09. The maximum atomic E-state index is 11.1. The topological polar surface area (TPSA) is 99.8 Å². The molecule has 4 aliphatic rings. The number of hydrogen-bond donors (Lipinski definition) is 1. The third kappa shape index (κ3) is 4.39. The molecule has 0 bridgehead atoms. The molecule has 6 nitrogen and oxygen atoms in total. The van der Waals surface area contributed by atoms with Crippen molar-refractivity contribution in [2.24, 2.45) is 27.8 Å². The first-order valence-corrected chi connectivity index (χ1v) is 12.6. The first-order valence-electron chi connectivity index (χ1n) is 12.6. The molecule has 2 unspecified atom stereocenters. The van der Waals surface area contributed by atoms with Crippen molar-refractivity contribution in [1.29, 1.82) is 5.26 Å². The number of nitrogens with zero attached hydrogens (tertiary/aromatic N) is 2. The third-order valence-electron chi connectivity index (χ3n) is 9.29. The van der Waals surface area contributed by atoms with E-state index >= 15 is 0 Å². The second-order valence-corrected chi connectivity index (χ2v) is 10.8. The van der Waals surface area contributed by atoms with Gasteiger partial charge in [-0.05, 0) is 104 Å². The van der Waals surface area contributed by atoms with Gasteiger partial charge in [0.15, 0.2) is 0 Å². The fourth-order valence-electron chi connectivity index (χ4n) is 7.65. The van der Waals surface area contributed by atoms with Gasteiger partial charge in [-0.25, -0.2) is 4.79 Å². The summed E-state index contributed by atoms with van der Waals surface area (Å²) in [6.45, 7) is 3.81. The molecule has 1 N–H and O–H groups in total. The molecule has 4 rings (SSSR count). The number of rotatable bonds is 7. The third-order valence-corrected chi connectivity index (χ3v) is 9.29.